The Morgan fingerprint density at radius 1 is 0.483 bits per heavy atom. The Kier molecular flexibility index (Phi) is 7.26. The van der Waals surface area contributed by atoms with Gasteiger partial charge >= 0.3 is 0 Å². The van der Waals surface area contributed by atoms with Crippen molar-refractivity contribution >= 4 is 73.3 Å². The Hall–Kier alpha value is -6.78. The van der Waals surface area contributed by atoms with Crippen LogP contribution in [0.4, 0.5) is 28.4 Å². The van der Waals surface area contributed by atoms with Crippen LogP contribution in [0.15, 0.2) is 170 Å². The molecule has 0 N–H and O–H groups in total. The molecule has 9 aromatic rings. The van der Waals surface area contributed by atoms with Crippen molar-refractivity contribution in [1.29, 1.82) is 0 Å². The second-order valence-electron chi connectivity index (χ2n) is 18.0. The molecule has 288 valence electrons. The molecule has 0 fully saturated rings. The van der Waals surface area contributed by atoms with E-state index in [1.165, 1.54) is 94.2 Å². The van der Waals surface area contributed by atoms with Crippen LogP contribution in [-0.2, 0) is 11.0 Å². The Balaban J connectivity index is 1.27. The van der Waals surface area contributed by atoms with Crippen molar-refractivity contribution in [3.05, 3.63) is 209 Å². The van der Waals surface area contributed by atoms with Gasteiger partial charge in [-0.2, -0.15) is 0 Å². The molecule has 0 amide bonds. The van der Waals surface area contributed by atoms with Crippen LogP contribution in [0, 0.1) is 27.7 Å². The first kappa shape index (κ1) is 35.2. The van der Waals surface area contributed by atoms with Gasteiger partial charge in [-0.3, -0.25) is 0 Å². The zero-order chi connectivity index (χ0) is 40.7. The van der Waals surface area contributed by atoms with Gasteiger partial charge in [0.15, 0.2) is 0 Å². The van der Waals surface area contributed by atoms with E-state index in [4.69, 9.17) is 0 Å². The third kappa shape index (κ3) is 4.51. The van der Waals surface area contributed by atoms with E-state index in [9.17, 15) is 0 Å². The summed E-state index contributed by atoms with van der Waals surface area (Å²) in [7, 11) is 0. The molecule has 2 atom stereocenters. The van der Waals surface area contributed by atoms with Gasteiger partial charge in [-0.1, -0.05) is 138 Å². The molecule has 3 aliphatic heterocycles. The minimum atomic E-state index is -0.512. The summed E-state index contributed by atoms with van der Waals surface area (Å²) in [5.41, 5.74) is 22.1. The van der Waals surface area contributed by atoms with Crippen LogP contribution in [0.25, 0.3) is 27.5 Å². The first-order valence-electron chi connectivity index (χ1n) is 21.4. The Labute approximate surface area is 353 Å². The lowest BCUT2D eigenvalue weighted by atomic mass is 9.33. The summed E-state index contributed by atoms with van der Waals surface area (Å²) >= 11 is 0. The maximum absolute atomic E-state index is 2.77. The number of hydrogen-bond acceptors (Lipinski definition) is 2. The molecule has 12 rings (SSSR count). The standard InChI is InChI=1S/C56H46BN3/c1-35-20-25-41(26-21-35)58(42-27-22-36(2)23-28-42)43-33-50-52-51(34-43)60-54-46(55(5,39-14-9-7-10-15-39)56(60,6)40-16-11-8-12-17-40)18-13-19-47(54)57(52)48-32-38(4)31-45-44-30-37(3)24-29-49(44)59(50)53(45)48/h7-34H,1-6H3. The Morgan fingerprint density at radius 3 is 1.75 bits per heavy atom. The second-order valence-corrected chi connectivity index (χ2v) is 18.0. The van der Waals surface area contributed by atoms with Crippen LogP contribution in [0.2, 0.25) is 0 Å². The third-order valence-electron chi connectivity index (χ3n) is 14.5. The largest absolute Gasteiger partial charge is 0.331 e. The van der Waals surface area contributed by atoms with Gasteiger partial charge in [0.25, 0.3) is 6.71 Å². The van der Waals surface area contributed by atoms with Gasteiger partial charge in [-0.15, -0.1) is 0 Å². The highest BCUT2D eigenvalue weighted by atomic mass is 15.3. The zero-order valence-electron chi connectivity index (χ0n) is 35.1. The van der Waals surface area contributed by atoms with Crippen LogP contribution in [0.1, 0.15) is 52.8 Å². The number of benzene rings is 8. The van der Waals surface area contributed by atoms with Crippen LogP contribution < -0.4 is 26.2 Å². The molecule has 8 aromatic carbocycles. The van der Waals surface area contributed by atoms with Gasteiger partial charge in [0.2, 0.25) is 0 Å². The highest BCUT2D eigenvalue weighted by molar-refractivity contribution is 7.00. The van der Waals surface area contributed by atoms with Gasteiger partial charge in [-0.25, -0.2) is 0 Å². The molecule has 2 unspecified atom stereocenters. The van der Waals surface area contributed by atoms with Crippen molar-refractivity contribution in [2.45, 2.75) is 52.5 Å². The van der Waals surface area contributed by atoms with E-state index in [-0.39, 0.29) is 6.71 Å². The lowest BCUT2D eigenvalue weighted by Crippen LogP contribution is -2.63. The van der Waals surface area contributed by atoms with Crippen LogP contribution in [0.5, 0.6) is 0 Å². The zero-order valence-corrected chi connectivity index (χ0v) is 35.1. The fourth-order valence-corrected chi connectivity index (χ4v) is 11.5. The van der Waals surface area contributed by atoms with E-state index in [0.29, 0.717) is 0 Å². The SMILES string of the molecule is Cc1ccc(N(c2ccc(C)cc2)c2cc3c4c(c2)-n2c5ccc(C)cc5c5cc(C)cc(c52)B4c2cccc4c2N3C(C)(c2ccccc2)C4(C)c2ccccc2)cc1. The van der Waals surface area contributed by atoms with Gasteiger partial charge in [-0.05, 0) is 129 Å². The number of anilines is 5. The first-order chi connectivity index (χ1) is 29.2. The summed E-state index contributed by atoms with van der Waals surface area (Å²) in [5.74, 6) is 0. The molecule has 4 heterocycles. The number of aryl methyl sites for hydroxylation is 4. The number of aromatic nitrogens is 1. The summed E-state index contributed by atoms with van der Waals surface area (Å²) in [6.07, 6.45) is 0. The van der Waals surface area contributed by atoms with Crippen molar-refractivity contribution in [1.82, 2.24) is 4.57 Å². The molecule has 0 saturated heterocycles. The Bertz CT molecular complexity index is 3180. The normalized spacial score (nSPS) is 18.2. The van der Waals surface area contributed by atoms with Crippen LogP contribution >= 0.6 is 0 Å². The molecule has 0 spiro atoms. The molecule has 0 radical (unpaired) electrons. The highest BCUT2D eigenvalue weighted by Crippen LogP contribution is 2.63. The monoisotopic (exact) mass is 771 g/mol. The number of para-hydroxylation sites is 1. The fraction of sp³-hybridized carbons (Fsp3) is 0.143. The molecular weight excluding hydrogens is 725 g/mol. The van der Waals surface area contributed by atoms with Crippen LogP contribution in [-0.4, -0.2) is 11.3 Å². The van der Waals surface area contributed by atoms with Crippen LogP contribution in [0.3, 0.4) is 0 Å². The average molecular weight is 772 g/mol. The predicted octanol–water partition coefficient (Wildman–Crippen LogP) is 12.0. The van der Waals surface area contributed by atoms with Crippen molar-refractivity contribution < 1.29 is 0 Å². The number of nitrogens with zero attached hydrogens (tertiary/aromatic N) is 3. The number of fused-ring (bicyclic) bond motifs is 7. The molecule has 3 aliphatic rings. The van der Waals surface area contributed by atoms with E-state index < -0.39 is 11.0 Å². The highest BCUT2D eigenvalue weighted by Gasteiger charge is 2.62. The lowest BCUT2D eigenvalue weighted by Gasteiger charge is -2.50. The Morgan fingerprint density at radius 2 is 1.08 bits per heavy atom. The minimum Gasteiger partial charge on any atom is -0.331 e. The predicted molar refractivity (Wildman–Crippen MR) is 254 cm³/mol. The van der Waals surface area contributed by atoms with Gasteiger partial charge in [0, 0.05) is 50.1 Å². The maximum Gasteiger partial charge on any atom is 0.252 e. The molecule has 0 saturated carbocycles. The van der Waals surface area contributed by atoms with E-state index in [0.717, 1.165) is 17.1 Å². The third-order valence-corrected chi connectivity index (χ3v) is 14.5. The summed E-state index contributed by atoms with van der Waals surface area (Å²) in [6.45, 7) is 13.9. The minimum absolute atomic E-state index is 0.0425. The van der Waals surface area contributed by atoms with E-state index in [1.54, 1.807) is 0 Å². The molecule has 0 bridgehead atoms. The van der Waals surface area contributed by atoms with Gasteiger partial charge in [0.1, 0.15) is 0 Å². The second kappa shape index (κ2) is 12.4. The van der Waals surface area contributed by atoms with Crippen molar-refractivity contribution in [3.63, 3.8) is 0 Å². The first-order valence-corrected chi connectivity index (χ1v) is 21.4. The lowest BCUT2D eigenvalue weighted by molar-refractivity contribution is 0.336. The van der Waals surface area contributed by atoms with Crippen molar-refractivity contribution in [3.8, 4) is 5.69 Å². The number of rotatable bonds is 5. The van der Waals surface area contributed by atoms with Crippen molar-refractivity contribution in [2.24, 2.45) is 0 Å². The summed E-state index contributed by atoms with van der Waals surface area (Å²) in [6, 6.07) is 64.7. The quantitative estimate of drug-likeness (QED) is 0.162. The molecule has 1 aromatic heterocycles. The number of hydrogen-bond donors (Lipinski definition) is 0. The fourth-order valence-electron chi connectivity index (χ4n) is 11.5. The van der Waals surface area contributed by atoms with Gasteiger partial charge in [0.05, 0.1) is 16.7 Å². The van der Waals surface area contributed by atoms with E-state index in [1.807, 2.05) is 0 Å². The molecule has 60 heavy (non-hydrogen) atoms. The maximum atomic E-state index is 2.77. The van der Waals surface area contributed by atoms with E-state index in [2.05, 4.69) is 226 Å². The summed E-state index contributed by atoms with van der Waals surface area (Å²) in [5, 5.41) is 2.64. The van der Waals surface area contributed by atoms with Gasteiger partial charge < -0.3 is 14.4 Å². The molecule has 3 nitrogen and oxygen atoms in total. The topological polar surface area (TPSA) is 11.4 Å². The molecule has 4 heteroatoms. The molecular formula is C56H46BN3. The summed E-state index contributed by atoms with van der Waals surface area (Å²) < 4.78 is 2.61. The molecule has 0 aliphatic carbocycles. The smallest absolute Gasteiger partial charge is 0.252 e. The van der Waals surface area contributed by atoms with Crippen molar-refractivity contribution in [2.75, 3.05) is 9.80 Å². The van der Waals surface area contributed by atoms with E-state index >= 15 is 0 Å². The summed E-state index contributed by atoms with van der Waals surface area (Å²) in [4.78, 5) is 5.24. The average Bonchev–Trinajstić information content (AvgIpc) is 3.70.